The maximum absolute atomic E-state index is 13.8. The van der Waals surface area contributed by atoms with Crippen molar-refractivity contribution in [3.05, 3.63) is 66.1 Å². The number of nitrogens with zero attached hydrogens (tertiary/aromatic N) is 1. The molecule has 8 heteroatoms. The first-order chi connectivity index (χ1) is 15.6. The molecule has 2 heterocycles. The summed E-state index contributed by atoms with van der Waals surface area (Å²) >= 11 is 1.49. The Morgan fingerprint density at radius 2 is 1.94 bits per heavy atom. The van der Waals surface area contributed by atoms with Crippen LogP contribution in [0.25, 0.3) is 10.9 Å². The van der Waals surface area contributed by atoms with Gasteiger partial charge in [-0.05, 0) is 31.0 Å². The number of carbonyl (C=O) groups excluding carboxylic acids is 2. The largest absolute Gasteiger partial charge is 0.376 e. The summed E-state index contributed by atoms with van der Waals surface area (Å²) in [6, 6.07) is 13.9. The van der Waals surface area contributed by atoms with Crippen molar-refractivity contribution in [3.8, 4) is 0 Å². The fourth-order valence-electron chi connectivity index (χ4n) is 3.77. The summed E-state index contributed by atoms with van der Waals surface area (Å²) in [7, 11) is 0. The Balaban J connectivity index is 1.34. The van der Waals surface area contributed by atoms with Gasteiger partial charge in [0.2, 0.25) is 5.91 Å². The van der Waals surface area contributed by atoms with Gasteiger partial charge in [-0.3, -0.25) is 9.59 Å². The molecule has 6 nitrogen and oxygen atoms in total. The van der Waals surface area contributed by atoms with Gasteiger partial charge in [-0.2, -0.15) is 0 Å². The molecule has 1 aliphatic rings. The van der Waals surface area contributed by atoms with Gasteiger partial charge < -0.3 is 19.9 Å². The van der Waals surface area contributed by atoms with Crippen molar-refractivity contribution < 1.29 is 18.7 Å². The third kappa shape index (κ3) is 5.49. The molecule has 1 aliphatic heterocycles. The second kappa shape index (κ2) is 10.7. The van der Waals surface area contributed by atoms with Crippen molar-refractivity contribution in [3.63, 3.8) is 0 Å². The van der Waals surface area contributed by atoms with Crippen LogP contribution in [0.3, 0.4) is 0 Å². The molecule has 0 radical (unpaired) electrons. The molecule has 2 N–H and O–H groups in total. The van der Waals surface area contributed by atoms with E-state index in [9.17, 15) is 14.0 Å². The topological polar surface area (TPSA) is 72.4 Å². The Morgan fingerprint density at radius 3 is 2.75 bits per heavy atom. The van der Waals surface area contributed by atoms with Gasteiger partial charge in [-0.1, -0.05) is 30.3 Å². The minimum Gasteiger partial charge on any atom is -0.376 e. The maximum atomic E-state index is 13.8. The number of ether oxygens (including phenoxy) is 1. The molecular formula is C24H26FN3O3S. The van der Waals surface area contributed by atoms with Gasteiger partial charge in [0.05, 0.1) is 17.4 Å². The minimum absolute atomic E-state index is 0.0144. The van der Waals surface area contributed by atoms with Crippen molar-refractivity contribution in [1.82, 2.24) is 15.2 Å². The lowest BCUT2D eigenvalue weighted by molar-refractivity contribution is -0.119. The van der Waals surface area contributed by atoms with Crippen LogP contribution in [0, 0.1) is 5.82 Å². The molecule has 168 valence electrons. The van der Waals surface area contributed by atoms with Crippen LogP contribution in [0.2, 0.25) is 0 Å². The van der Waals surface area contributed by atoms with Gasteiger partial charge in [0.15, 0.2) is 0 Å². The van der Waals surface area contributed by atoms with Gasteiger partial charge >= 0.3 is 0 Å². The first-order valence-corrected chi connectivity index (χ1v) is 11.7. The third-order valence-electron chi connectivity index (χ3n) is 5.42. The first-order valence-electron chi connectivity index (χ1n) is 10.7. The standard InChI is InChI=1S/C24H26FN3O3S/c25-20-9-3-1-7-18(20)24(30)26-11-12-28-15-22(19-8-2-4-10-21(19)28)32-16-23(29)27-14-17-6-5-13-31-17/h1-4,7-10,15,17H,5-6,11-14,16H2,(H,26,30)(H,27,29)/t17-/m1/s1. The second-order valence-electron chi connectivity index (χ2n) is 7.67. The number of nitrogens with one attached hydrogen (secondary N) is 2. The van der Waals surface area contributed by atoms with E-state index in [0.717, 1.165) is 35.2 Å². The van der Waals surface area contributed by atoms with Gasteiger partial charge in [-0.25, -0.2) is 4.39 Å². The lowest BCUT2D eigenvalue weighted by Crippen LogP contribution is -2.32. The van der Waals surface area contributed by atoms with Crippen molar-refractivity contribution in [2.45, 2.75) is 30.4 Å². The fraction of sp³-hybridized carbons (Fsp3) is 0.333. The molecule has 3 aromatic rings. The van der Waals surface area contributed by atoms with Crippen LogP contribution < -0.4 is 10.6 Å². The van der Waals surface area contributed by atoms with E-state index in [2.05, 4.69) is 10.6 Å². The summed E-state index contributed by atoms with van der Waals surface area (Å²) in [6.45, 7) is 2.22. The van der Waals surface area contributed by atoms with Crippen LogP contribution in [0.1, 0.15) is 23.2 Å². The normalized spacial score (nSPS) is 15.7. The van der Waals surface area contributed by atoms with Crippen LogP contribution in [-0.4, -0.2) is 47.9 Å². The molecule has 0 unspecified atom stereocenters. The van der Waals surface area contributed by atoms with Gasteiger partial charge in [0.25, 0.3) is 5.91 Å². The predicted octanol–water partition coefficient (Wildman–Crippen LogP) is 3.60. The van der Waals surface area contributed by atoms with Crippen LogP contribution >= 0.6 is 11.8 Å². The Hall–Kier alpha value is -2.84. The Morgan fingerprint density at radius 1 is 1.12 bits per heavy atom. The first kappa shape index (κ1) is 22.4. The number of aromatic nitrogens is 1. The summed E-state index contributed by atoms with van der Waals surface area (Å²) in [5.41, 5.74) is 1.06. The highest BCUT2D eigenvalue weighted by Gasteiger charge is 2.17. The van der Waals surface area contributed by atoms with E-state index in [-0.39, 0.29) is 17.6 Å². The van der Waals surface area contributed by atoms with E-state index >= 15 is 0 Å². The number of hydrogen-bond donors (Lipinski definition) is 2. The predicted molar refractivity (Wildman–Crippen MR) is 123 cm³/mol. The Kier molecular flexibility index (Phi) is 7.44. The number of para-hydroxylation sites is 1. The number of amides is 2. The average molecular weight is 456 g/mol. The molecule has 1 atom stereocenters. The SMILES string of the molecule is O=C(CSc1cn(CCNC(=O)c2ccccc2F)c2ccccc12)NC[C@H]1CCCO1. The molecule has 2 amide bonds. The summed E-state index contributed by atoms with van der Waals surface area (Å²) < 4.78 is 21.4. The summed E-state index contributed by atoms with van der Waals surface area (Å²) in [5, 5.41) is 6.78. The lowest BCUT2D eigenvalue weighted by atomic mass is 10.2. The van der Waals surface area contributed by atoms with Gasteiger partial charge in [0.1, 0.15) is 5.82 Å². The highest BCUT2D eigenvalue weighted by Crippen LogP contribution is 2.29. The molecule has 32 heavy (non-hydrogen) atoms. The zero-order valence-electron chi connectivity index (χ0n) is 17.7. The van der Waals surface area contributed by atoms with E-state index in [1.165, 1.54) is 23.9 Å². The molecule has 0 bridgehead atoms. The van der Waals surface area contributed by atoms with Crippen molar-refractivity contribution >= 4 is 34.5 Å². The molecule has 1 aromatic heterocycles. The quantitative estimate of drug-likeness (QED) is 0.484. The number of hydrogen-bond acceptors (Lipinski definition) is 4. The zero-order valence-corrected chi connectivity index (χ0v) is 18.5. The molecule has 0 aliphatic carbocycles. The molecule has 1 saturated heterocycles. The van der Waals surface area contributed by atoms with E-state index in [0.29, 0.717) is 25.4 Å². The fourth-order valence-corrected chi connectivity index (χ4v) is 4.69. The highest BCUT2D eigenvalue weighted by molar-refractivity contribution is 8.00. The Bertz CT molecular complexity index is 1100. The number of carbonyl (C=O) groups is 2. The lowest BCUT2D eigenvalue weighted by Gasteiger charge is -2.10. The summed E-state index contributed by atoms with van der Waals surface area (Å²) in [6.07, 6.45) is 4.17. The molecule has 0 saturated carbocycles. The second-order valence-corrected chi connectivity index (χ2v) is 8.68. The van der Waals surface area contributed by atoms with Crippen molar-refractivity contribution in [1.29, 1.82) is 0 Å². The maximum Gasteiger partial charge on any atom is 0.254 e. The molecular weight excluding hydrogens is 429 g/mol. The van der Waals surface area contributed by atoms with E-state index in [1.54, 1.807) is 12.1 Å². The number of thioether (sulfide) groups is 1. The monoisotopic (exact) mass is 455 g/mol. The Labute approximate surface area is 190 Å². The number of halogens is 1. The van der Waals surface area contributed by atoms with Crippen LogP contribution in [0.5, 0.6) is 0 Å². The molecule has 2 aromatic carbocycles. The van der Waals surface area contributed by atoms with Gasteiger partial charge in [-0.15, -0.1) is 11.8 Å². The smallest absolute Gasteiger partial charge is 0.254 e. The van der Waals surface area contributed by atoms with E-state index in [4.69, 9.17) is 4.74 Å². The summed E-state index contributed by atoms with van der Waals surface area (Å²) in [5.74, 6) is -0.658. The summed E-state index contributed by atoms with van der Waals surface area (Å²) in [4.78, 5) is 25.5. The van der Waals surface area contributed by atoms with Crippen LogP contribution in [0.15, 0.2) is 59.6 Å². The number of benzene rings is 2. The van der Waals surface area contributed by atoms with E-state index < -0.39 is 11.7 Å². The van der Waals surface area contributed by atoms with Crippen molar-refractivity contribution in [2.24, 2.45) is 0 Å². The molecule has 1 fully saturated rings. The highest BCUT2D eigenvalue weighted by atomic mass is 32.2. The molecule has 0 spiro atoms. The average Bonchev–Trinajstić information content (AvgIpc) is 3.45. The third-order valence-corrected chi connectivity index (χ3v) is 6.46. The number of fused-ring (bicyclic) bond motifs is 1. The molecule has 4 rings (SSSR count). The zero-order chi connectivity index (χ0) is 22.3. The van der Waals surface area contributed by atoms with E-state index in [1.807, 2.05) is 35.0 Å². The van der Waals surface area contributed by atoms with Gasteiger partial charge in [0, 0.05) is 48.2 Å². The number of rotatable bonds is 9. The van der Waals surface area contributed by atoms with Crippen LogP contribution in [-0.2, 0) is 16.1 Å². The van der Waals surface area contributed by atoms with Crippen LogP contribution in [0.4, 0.5) is 4.39 Å². The minimum atomic E-state index is -0.534. The van der Waals surface area contributed by atoms with Crippen molar-refractivity contribution in [2.75, 3.05) is 25.4 Å².